The number of hydrogen-bond acceptors (Lipinski definition) is 5. The maximum Gasteiger partial charge on any atom is 1.00 e. The van der Waals surface area contributed by atoms with E-state index in [2.05, 4.69) is 5.32 Å². The van der Waals surface area contributed by atoms with Crippen LogP contribution >= 0.6 is 11.8 Å². The molecule has 232 valence electrons. The Kier molecular flexibility index (Phi) is 14.1. The minimum Gasteiger partial charge on any atom is -1.00 e. The molecule has 0 bridgehead atoms. The third kappa shape index (κ3) is 9.50. The summed E-state index contributed by atoms with van der Waals surface area (Å²) < 4.78 is 27.9. The molecule has 0 heterocycles. The number of amides is 1. The van der Waals surface area contributed by atoms with Crippen LogP contribution in [0.15, 0.2) is 77.7 Å². The van der Waals surface area contributed by atoms with Crippen LogP contribution in [0.1, 0.15) is 74.3 Å². The maximum absolute atomic E-state index is 13.9. The van der Waals surface area contributed by atoms with Crippen molar-refractivity contribution in [3.63, 3.8) is 0 Å². The molecule has 2 atom stereocenters. The van der Waals surface area contributed by atoms with E-state index in [0.29, 0.717) is 47.0 Å². The summed E-state index contributed by atoms with van der Waals surface area (Å²) in [7, 11) is -3.59. The number of thioether (sulfide) groups is 1. The summed E-state index contributed by atoms with van der Waals surface area (Å²) in [6.45, 7) is 1.97. The smallest absolute Gasteiger partial charge is 1.00 e. The van der Waals surface area contributed by atoms with Crippen molar-refractivity contribution in [2.75, 3.05) is 12.0 Å². The van der Waals surface area contributed by atoms with Crippen LogP contribution in [0.4, 0.5) is 0 Å². The molecule has 44 heavy (non-hydrogen) atoms. The number of carbonyl (C=O) groups excluding carboxylic acids is 1. The van der Waals surface area contributed by atoms with Crippen molar-refractivity contribution in [3.8, 4) is 11.1 Å². The fourth-order valence-corrected chi connectivity index (χ4v) is 8.32. The Morgan fingerprint density at radius 3 is 2.30 bits per heavy atom. The minimum atomic E-state index is -3.59. The Hall–Kier alpha value is -2.50. The predicted octanol–water partition coefficient (Wildman–Crippen LogP) is 4.46. The average Bonchev–Trinajstić information content (AvgIpc) is 3.02. The molecule has 0 aliphatic heterocycles. The number of carboxylic acids is 1. The molecule has 0 aromatic heterocycles. The normalized spacial score (nSPS) is 15.1. The third-order valence-electron chi connectivity index (χ3n) is 8.57. The molecule has 9 heteroatoms. The van der Waals surface area contributed by atoms with Gasteiger partial charge in [-0.1, -0.05) is 86.7 Å². The Morgan fingerprint density at radius 2 is 1.64 bits per heavy atom. The second-order valence-electron chi connectivity index (χ2n) is 11.6. The Labute approximate surface area is 280 Å². The number of carbonyl (C=O) groups is 2. The van der Waals surface area contributed by atoms with E-state index in [4.69, 9.17) is 0 Å². The molecular weight excluding hydrogens is 585 g/mol. The zero-order valence-electron chi connectivity index (χ0n) is 27.1. The van der Waals surface area contributed by atoms with Gasteiger partial charge in [0.25, 0.3) is 5.91 Å². The van der Waals surface area contributed by atoms with E-state index < -0.39 is 33.0 Å². The molecule has 2 N–H and O–H groups in total. The van der Waals surface area contributed by atoms with Crippen molar-refractivity contribution in [2.24, 2.45) is 5.92 Å². The maximum atomic E-state index is 13.9. The first kappa shape index (κ1) is 36.0. The number of benzene rings is 3. The molecule has 1 amide bonds. The van der Waals surface area contributed by atoms with Crippen molar-refractivity contribution >= 4 is 33.5 Å². The van der Waals surface area contributed by atoms with Crippen LogP contribution in [0.2, 0.25) is 0 Å². The number of sulfone groups is 1. The minimum absolute atomic E-state index is 0. The van der Waals surface area contributed by atoms with Gasteiger partial charge in [0.2, 0.25) is 0 Å². The van der Waals surface area contributed by atoms with Crippen molar-refractivity contribution in [2.45, 2.75) is 80.9 Å². The molecule has 1 aliphatic rings. The van der Waals surface area contributed by atoms with Crippen LogP contribution in [0, 0.1) is 12.8 Å². The standard InChI is InChI=1S/C35H43NO5S2.Li.H/c1-25-11-9-10-16-30(25)32-24-27(18-20-31(32)34(37)36-33(35(38)39)21-22-42-2)23-29(19-17-26-12-5-3-6-13-26)43(40,41)28-14-7-4-8-15-28;;/h4,7-11,14-16,18,20,24,26,29,33H,3,5-6,12-13,17,19,21-23H2,1-2H3,(H,36,37)(H,38,39);;/q;+1;-1/t29?,33-;;/m0../s1. The molecule has 0 spiro atoms. The number of hydrogen-bond donors (Lipinski definition) is 2. The van der Waals surface area contributed by atoms with Gasteiger partial charge in [0.1, 0.15) is 6.04 Å². The molecule has 3 aromatic rings. The van der Waals surface area contributed by atoms with Gasteiger partial charge in [0.15, 0.2) is 9.84 Å². The molecule has 4 rings (SSSR count). The van der Waals surface area contributed by atoms with E-state index in [1.807, 2.05) is 55.6 Å². The van der Waals surface area contributed by atoms with Gasteiger partial charge in [-0.15, -0.1) is 0 Å². The first-order valence-electron chi connectivity index (χ1n) is 15.2. The zero-order chi connectivity index (χ0) is 30.8. The van der Waals surface area contributed by atoms with E-state index in [0.717, 1.165) is 36.0 Å². The molecular formula is C35H44LiNO5S2. The van der Waals surface area contributed by atoms with Gasteiger partial charge in [-0.3, -0.25) is 4.79 Å². The SMILES string of the molecule is CSCC[C@H](NC(=O)c1ccc(CC(CCC2CCCCC2)S(=O)(=O)c2ccccc2)cc1-c1ccccc1C)C(=O)O.[H-].[Li+]. The van der Waals surface area contributed by atoms with Gasteiger partial charge in [-0.2, -0.15) is 11.8 Å². The first-order valence-corrected chi connectivity index (χ1v) is 18.1. The van der Waals surface area contributed by atoms with Crippen molar-refractivity contribution in [3.05, 3.63) is 89.5 Å². The summed E-state index contributed by atoms with van der Waals surface area (Å²) >= 11 is 1.53. The van der Waals surface area contributed by atoms with Gasteiger partial charge in [0, 0.05) is 5.56 Å². The number of carboxylic acid groups (broad SMARTS) is 1. The van der Waals surface area contributed by atoms with Gasteiger partial charge in [-0.25, -0.2) is 13.2 Å². The summed E-state index contributed by atoms with van der Waals surface area (Å²) in [5.41, 5.74) is 3.70. The topological polar surface area (TPSA) is 101 Å². The first-order chi connectivity index (χ1) is 20.7. The van der Waals surface area contributed by atoms with Crippen LogP contribution < -0.4 is 24.2 Å². The van der Waals surface area contributed by atoms with Crippen molar-refractivity contribution in [1.82, 2.24) is 5.32 Å². The van der Waals surface area contributed by atoms with Crippen LogP contribution in [0.3, 0.4) is 0 Å². The van der Waals surface area contributed by atoms with Gasteiger partial charge >= 0.3 is 24.8 Å². The van der Waals surface area contributed by atoms with E-state index >= 15 is 0 Å². The summed E-state index contributed by atoms with van der Waals surface area (Å²) in [4.78, 5) is 25.7. The van der Waals surface area contributed by atoms with E-state index in [-0.39, 0.29) is 20.3 Å². The zero-order valence-corrected chi connectivity index (χ0v) is 27.8. The third-order valence-corrected chi connectivity index (χ3v) is 11.4. The van der Waals surface area contributed by atoms with Gasteiger partial charge in [0.05, 0.1) is 10.1 Å². The predicted molar refractivity (Wildman–Crippen MR) is 177 cm³/mol. The average molecular weight is 630 g/mol. The Balaban J connectivity index is 0.00000353. The molecule has 1 aliphatic carbocycles. The van der Waals surface area contributed by atoms with E-state index in [1.54, 1.807) is 30.3 Å². The van der Waals surface area contributed by atoms with Crippen LogP contribution in [-0.4, -0.2) is 48.7 Å². The summed E-state index contributed by atoms with van der Waals surface area (Å²) in [5, 5.41) is 11.8. The van der Waals surface area contributed by atoms with E-state index in [1.165, 1.54) is 31.0 Å². The fraction of sp³-hybridized carbons (Fsp3) is 0.429. The van der Waals surface area contributed by atoms with Crippen LogP contribution in [0.5, 0.6) is 0 Å². The molecule has 3 aromatic carbocycles. The Bertz CT molecular complexity index is 1500. The van der Waals surface area contributed by atoms with Crippen molar-refractivity contribution < 1.29 is 43.4 Å². The number of aliphatic carboxylic acids is 1. The number of nitrogens with one attached hydrogen (secondary N) is 1. The Morgan fingerprint density at radius 1 is 0.955 bits per heavy atom. The van der Waals surface area contributed by atoms with Crippen molar-refractivity contribution in [1.29, 1.82) is 0 Å². The monoisotopic (exact) mass is 629 g/mol. The van der Waals surface area contributed by atoms with Crippen LogP contribution in [-0.2, 0) is 21.1 Å². The molecule has 0 saturated heterocycles. The molecule has 1 fully saturated rings. The molecule has 0 radical (unpaired) electrons. The largest absolute Gasteiger partial charge is 1.00 e. The fourth-order valence-electron chi connectivity index (χ4n) is 6.07. The molecule has 1 saturated carbocycles. The summed E-state index contributed by atoms with van der Waals surface area (Å²) in [6, 6.07) is 20.9. The second kappa shape index (κ2) is 17.3. The summed E-state index contributed by atoms with van der Waals surface area (Å²) in [6.07, 6.45) is 10.0. The number of aryl methyl sites for hydroxylation is 1. The molecule has 6 nitrogen and oxygen atoms in total. The number of rotatable bonds is 14. The van der Waals surface area contributed by atoms with Crippen LogP contribution in [0.25, 0.3) is 11.1 Å². The summed E-state index contributed by atoms with van der Waals surface area (Å²) in [5.74, 6) is -0.351. The van der Waals surface area contributed by atoms with E-state index in [9.17, 15) is 23.1 Å². The van der Waals surface area contributed by atoms with Gasteiger partial charge < -0.3 is 11.8 Å². The quantitative estimate of drug-likeness (QED) is 0.256. The van der Waals surface area contributed by atoms with Gasteiger partial charge in [-0.05, 0) is 91.0 Å². The molecule has 1 unspecified atom stereocenters. The second-order valence-corrected chi connectivity index (χ2v) is 14.8.